The summed E-state index contributed by atoms with van der Waals surface area (Å²) in [6.45, 7) is 12.5. The number of ether oxygens (including phenoxy) is 2. The Hall–Kier alpha value is -1.04. The molecule has 1 spiro atoms. The molecular weight excluding hydrogens is 368 g/mol. The van der Waals surface area contributed by atoms with Gasteiger partial charge in [-0.05, 0) is 71.9 Å². The van der Waals surface area contributed by atoms with Gasteiger partial charge in [0, 0.05) is 19.6 Å². The standard InChI is InChI=1S/C19H27BrN2O2/c1-3-9-24-18-16(20)10-15(11-17(18)23-4-2)12-22-8-6-19(14-22)5-7-21-13-19/h3,10-11,21H,1,4-9,12-14H2,2H3. The zero-order valence-electron chi connectivity index (χ0n) is 14.4. The molecule has 24 heavy (non-hydrogen) atoms. The number of rotatable bonds is 7. The van der Waals surface area contributed by atoms with Gasteiger partial charge in [0.2, 0.25) is 0 Å². The summed E-state index contributed by atoms with van der Waals surface area (Å²) in [6, 6.07) is 4.27. The summed E-state index contributed by atoms with van der Waals surface area (Å²) in [5.74, 6) is 1.57. The van der Waals surface area contributed by atoms with E-state index in [4.69, 9.17) is 9.47 Å². The SMILES string of the molecule is C=CCOc1c(Br)cc(CN2CCC3(CCNC3)C2)cc1OCC. The van der Waals surface area contributed by atoms with Crippen molar-refractivity contribution in [2.75, 3.05) is 39.4 Å². The first kappa shape index (κ1) is 17.8. The van der Waals surface area contributed by atoms with E-state index in [0.29, 0.717) is 18.6 Å². The molecule has 2 saturated heterocycles. The molecule has 0 saturated carbocycles. The van der Waals surface area contributed by atoms with Gasteiger partial charge in [0.15, 0.2) is 11.5 Å². The third-order valence-electron chi connectivity index (χ3n) is 4.97. The molecule has 132 valence electrons. The molecule has 1 aromatic rings. The Morgan fingerprint density at radius 2 is 2.25 bits per heavy atom. The minimum atomic E-state index is 0.472. The zero-order chi connectivity index (χ0) is 17.0. The van der Waals surface area contributed by atoms with E-state index in [9.17, 15) is 0 Å². The fourth-order valence-electron chi connectivity index (χ4n) is 3.82. The van der Waals surface area contributed by atoms with Crippen LogP contribution in [0.1, 0.15) is 25.3 Å². The molecule has 1 aromatic carbocycles. The van der Waals surface area contributed by atoms with Crippen LogP contribution in [0.3, 0.4) is 0 Å². The monoisotopic (exact) mass is 394 g/mol. The Labute approximate surface area is 153 Å². The topological polar surface area (TPSA) is 33.7 Å². The molecule has 1 atom stereocenters. The first-order chi connectivity index (χ1) is 11.7. The van der Waals surface area contributed by atoms with Crippen LogP contribution >= 0.6 is 15.9 Å². The number of likely N-dealkylation sites (tertiary alicyclic amines) is 1. The van der Waals surface area contributed by atoms with Gasteiger partial charge in [0.05, 0.1) is 11.1 Å². The van der Waals surface area contributed by atoms with Crippen LogP contribution in [0.5, 0.6) is 11.5 Å². The molecule has 2 aliphatic heterocycles. The third kappa shape index (κ3) is 3.95. The predicted molar refractivity (Wildman–Crippen MR) is 101 cm³/mol. The lowest BCUT2D eigenvalue weighted by Gasteiger charge is -2.23. The lowest BCUT2D eigenvalue weighted by molar-refractivity contribution is 0.266. The first-order valence-electron chi connectivity index (χ1n) is 8.78. The van der Waals surface area contributed by atoms with Gasteiger partial charge in [-0.1, -0.05) is 12.7 Å². The van der Waals surface area contributed by atoms with Crippen molar-refractivity contribution in [1.29, 1.82) is 0 Å². The van der Waals surface area contributed by atoms with Gasteiger partial charge >= 0.3 is 0 Å². The Balaban J connectivity index is 1.72. The van der Waals surface area contributed by atoms with E-state index in [1.807, 2.05) is 6.92 Å². The maximum absolute atomic E-state index is 5.80. The van der Waals surface area contributed by atoms with Crippen LogP contribution in [0.4, 0.5) is 0 Å². The van der Waals surface area contributed by atoms with E-state index in [2.05, 4.69) is 44.9 Å². The van der Waals surface area contributed by atoms with Gasteiger partial charge in [-0.3, -0.25) is 4.90 Å². The van der Waals surface area contributed by atoms with Crippen LogP contribution in [-0.2, 0) is 6.54 Å². The van der Waals surface area contributed by atoms with Gasteiger partial charge in [0.1, 0.15) is 6.61 Å². The molecule has 1 N–H and O–H groups in total. The van der Waals surface area contributed by atoms with E-state index in [1.54, 1.807) is 6.08 Å². The summed E-state index contributed by atoms with van der Waals surface area (Å²) < 4.78 is 12.5. The molecule has 5 heteroatoms. The van der Waals surface area contributed by atoms with Crippen molar-refractivity contribution in [3.05, 3.63) is 34.8 Å². The summed E-state index contributed by atoms with van der Waals surface area (Å²) in [6.07, 6.45) is 4.36. The minimum Gasteiger partial charge on any atom is -0.490 e. The summed E-state index contributed by atoms with van der Waals surface area (Å²) >= 11 is 3.64. The number of nitrogens with one attached hydrogen (secondary N) is 1. The van der Waals surface area contributed by atoms with Crippen molar-refractivity contribution in [1.82, 2.24) is 10.2 Å². The third-order valence-corrected chi connectivity index (χ3v) is 5.56. The van der Waals surface area contributed by atoms with Crippen LogP contribution in [0.2, 0.25) is 0 Å². The Morgan fingerprint density at radius 1 is 1.38 bits per heavy atom. The lowest BCUT2D eigenvalue weighted by atomic mass is 9.86. The number of nitrogens with zero attached hydrogens (tertiary/aromatic N) is 1. The molecule has 4 nitrogen and oxygen atoms in total. The Morgan fingerprint density at radius 3 is 2.96 bits per heavy atom. The van der Waals surface area contributed by atoms with Crippen molar-refractivity contribution in [2.45, 2.75) is 26.3 Å². The molecule has 0 aliphatic carbocycles. The van der Waals surface area contributed by atoms with Crippen molar-refractivity contribution < 1.29 is 9.47 Å². The maximum Gasteiger partial charge on any atom is 0.175 e. The van der Waals surface area contributed by atoms with Crippen molar-refractivity contribution in [3.8, 4) is 11.5 Å². The number of hydrogen-bond acceptors (Lipinski definition) is 4. The molecule has 0 aromatic heterocycles. The molecular formula is C19H27BrN2O2. The molecule has 2 heterocycles. The second kappa shape index (κ2) is 7.89. The number of halogens is 1. The van der Waals surface area contributed by atoms with E-state index in [1.165, 1.54) is 44.6 Å². The highest BCUT2D eigenvalue weighted by atomic mass is 79.9. The molecule has 1 unspecified atom stereocenters. The van der Waals surface area contributed by atoms with Crippen molar-refractivity contribution in [3.63, 3.8) is 0 Å². The summed E-state index contributed by atoms with van der Waals surface area (Å²) in [4.78, 5) is 2.56. The molecule has 3 rings (SSSR count). The highest BCUT2D eigenvalue weighted by Gasteiger charge is 2.40. The largest absolute Gasteiger partial charge is 0.490 e. The van der Waals surface area contributed by atoms with Gasteiger partial charge in [0.25, 0.3) is 0 Å². The van der Waals surface area contributed by atoms with Gasteiger partial charge < -0.3 is 14.8 Å². The van der Waals surface area contributed by atoms with Gasteiger partial charge in [-0.15, -0.1) is 0 Å². The average molecular weight is 395 g/mol. The van der Waals surface area contributed by atoms with Crippen LogP contribution < -0.4 is 14.8 Å². The average Bonchev–Trinajstić information content (AvgIpc) is 3.17. The molecule has 2 fully saturated rings. The van der Waals surface area contributed by atoms with E-state index < -0.39 is 0 Å². The quantitative estimate of drug-likeness (QED) is 0.716. The summed E-state index contributed by atoms with van der Waals surface area (Å²) in [5.41, 5.74) is 1.77. The Bertz CT molecular complexity index is 585. The molecule has 2 aliphatic rings. The summed E-state index contributed by atoms with van der Waals surface area (Å²) in [5, 5.41) is 3.52. The molecule has 0 bridgehead atoms. The van der Waals surface area contributed by atoms with Crippen LogP contribution in [0.15, 0.2) is 29.3 Å². The number of benzene rings is 1. The normalized spacial score (nSPS) is 23.8. The van der Waals surface area contributed by atoms with E-state index >= 15 is 0 Å². The molecule has 0 radical (unpaired) electrons. The maximum atomic E-state index is 5.80. The molecule has 0 amide bonds. The Kier molecular flexibility index (Phi) is 5.85. The van der Waals surface area contributed by atoms with Crippen molar-refractivity contribution in [2.24, 2.45) is 5.41 Å². The van der Waals surface area contributed by atoms with Gasteiger partial charge in [-0.2, -0.15) is 0 Å². The van der Waals surface area contributed by atoms with Crippen molar-refractivity contribution >= 4 is 15.9 Å². The lowest BCUT2D eigenvalue weighted by Crippen LogP contribution is -2.28. The second-order valence-electron chi connectivity index (χ2n) is 6.83. The smallest absolute Gasteiger partial charge is 0.175 e. The van der Waals surface area contributed by atoms with E-state index in [0.717, 1.165) is 22.5 Å². The van der Waals surface area contributed by atoms with Crippen LogP contribution in [-0.4, -0.2) is 44.3 Å². The second-order valence-corrected chi connectivity index (χ2v) is 7.68. The van der Waals surface area contributed by atoms with Crippen LogP contribution in [0, 0.1) is 5.41 Å². The first-order valence-corrected chi connectivity index (χ1v) is 9.57. The summed E-state index contributed by atoms with van der Waals surface area (Å²) in [7, 11) is 0. The fourth-order valence-corrected chi connectivity index (χ4v) is 4.43. The zero-order valence-corrected chi connectivity index (χ0v) is 16.0. The highest BCUT2D eigenvalue weighted by Crippen LogP contribution is 2.39. The minimum absolute atomic E-state index is 0.472. The van der Waals surface area contributed by atoms with E-state index in [-0.39, 0.29) is 0 Å². The fraction of sp³-hybridized carbons (Fsp3) is 0.579. The van der Waals surface area contributed by atoms with Crippen LogP contribution in [0.25, 0.3) is 0 Å². The highest BCUT2D eigenvalue weighted by molar-refractivity contribution is 9.10. The number of hydrogen-bond donors (Lipinski definition) is 1. The van der Waals surface area contributed by atoms with Gasteiger partial charge in [-0.25, -0.2) is 0 Å². The predicted octanol–water partition coefficient (Wildman–Crippen LogP) is 3.60.